The number of allylic oxidation sites excluding steroid dienone is 1. The lowest BCUT2D eigenvalue weighted by Gasteiger charge is -2.45. The van der Waals surface area contributed by atoms with Crippen molar-refractivity contribution in [1.29, 1.82) is 0 Å². The molecule has 1 nitrogen and oxygen atoms in total. The molecule has 0 heterocycles. The summed E-state index contributed by atoms with van der Waals surface area (Å²) in [5.41, 5.74) is 0.987. The summed E-state index contributed by atoms with van der Waals surface area (Å²) < 4.78 is 0. The second-order valence-electron chi connectivity index (χ2n) is 7.15. The van der Waals surface area contributed by atoms with Crippen LogP contribution in [-0.4, -0.2) is 10.7 Å². The van der Waals surface area contributed by atoms with Crippen molar-refractivity contribution >= 4 is 0 Å². The molecule has 0 aromatic heterocycles. The van der Waals surface area contributed by atoms with Crippen LogP contribution in [0.5, 0.6) is 0 Å². The highest BCUT2D eigenvalue weighted by atomic mass is 16.3. The summed E-state index contributed by atoms with van der Waals surface area (Å²) >= 11 is 0. The number of fused-ring (bicyclic) bond motifs is 1. The van der Waals surface area contributed by atoms with Crippen molar-refractivity contribution < 1.29 is 5.11 Å². The second kappa shape index (κ2) is 4.76. The fraction of sp³-hybridized carbons (Fsp3) is 0.875. The van der Waals surface area contributed by atoms with Gasteiger partial charge in [-0.2, -0.15) is 0 Å². The SMILES string of the molecule is C=C1CCCC2C1CC(CC(C)(C)O)C[C@H]2C. The van der Waals surface area contributed by atoms with Gasteiger partial charge in [0.15, 0.2) is 0 Å². The maximum Gasteiger partial charge on any atom is 0.0594 e. The summed E-state index contributed by atoms with van der Waals surface area (Å²) in [6, 6.07) is 0. The highest BCUT2D eigenvalue weighted by Crippen LogP contribution is 2.49. The van der Waals surface area contributed by atoms with Gasteiger partial charge in [0.25, 0.3) is 0 Å². The summed E-state index contributed by atoms with van der Waals surface area (Å²) in [4.78, 5) is 0. The van der Waals surface area contributed by atoms with Gasteiger partial charge < -0.3 is 5.11 Å². The average Bonchev–Trinajstić information content (AvgIpc) is 2.17. The van der Waals surface area contributed by atoms with Gasteiger partial charge in [0, 0.05) is 0 Å². The molecule has 2 fully saturated rings. The Kier molecular flexibility index (Phi) is 3.68. The van der Waals surface area contributed by atoms with Crippen molar-refractivity contribution in [3.63, 3.8) is 0 Å². The molecule has 2 aliphatic rings. The van der Waals surface area contributed by atoms with Gasteiger partial charge in [-0.25, -0.2) is 0 Å². The largest absolute Gasteiger partial charge is 0.390 e. The molecule has 3 unspecified atom stereocenters. The van der Waals surface area contributed by atoms with Crippen LogP contribution >= 0.6 is 0 Å². The third-order valence-corrected chi connectivity index (χ3v) is 4.89. The molecule has 0 aromatic rings. The van der Waals surface area contributed by atoms with Gasteiger partial charge in [-0.15, -0.1) is 0 Å². The van der Waals surface area contributed by atoms with E-state index in [0.29, 0.717) is 5.92 Å². The number of rotatable bonds is 2. The number of hydrogen-bond donors (Lipinski definition) is 1. The zero-order chi connectivity index (χ0) is 12.6. The van der Waals surface area contributed by atoms with Gasteiger partial charge in [0.1, 0.15) is 0 Å². The van der Waals surface area contributed by atoms with Gasteiger partial charge >= 0.3 is 0 Å². The Balaban J connectivity index is 2.03. The molecule has 2 rings (SSSR count). The van der Waals surface area contributed by atoms with E-state index in [0.717, 1.165) is 24.2 Å². The lowest BCUT2D eigenvalue weighted by Crippen LogP contribution is -2.37. The first-order valence-corrected chi connectivity index (χ1v) is 7.27. The molecule has 2 aliphatic carbocycles. The first-order chi connectivity index (χ1) is 7.87. The molecule has 0 aromatic carbocycles. The van der Waals surface area contributed by atoms with E-state index in [9.17, 15) is 5.11 Å². The van der Waals surface area contributed by atoms with E-state index < -0.39 is 5.60 Å². The normalized spacial score (nSPS) is 38.9. The first kappa shape index (κ1) is 13.1. The Bertz CT molecular complexity index is 286. The van der Waals surface area contributed by atoms with E-state index >= 15 is 0 Å². The van der Waals surface area contributed by atoms with Crippen LogP contribution in [0.1, 0.15) is 59.3 Å². The molecule has 17 heavy (non-hydrogen) atoms. The van der Waals surface area contributed by atoms with Gasteiger partial charge in [-0.05, 0) is 76.0 Å². The standard InChI is InChI=1S/C16H28O/c1-11-6-5-7-14-12(2)8-13(9-15(11)14)10-16(3,4)17/h12-15,17H,1,5-10H2,2-4H3/t12-,13?,14?,15?/m1/s1. The summed E-state index contributed by atoms with van der Waals surface area (Å²) in [7, 11) is 0. The van der Waals surface area contributed by atoms with Gasteiger partial charge in [-0.3, -0.25) is 0 Å². The van der Waals surface area contributed by atoms with Crippen molar-refractivity contribution in [2.24, 2.45) is 23.7 Å². The minimum atomic E-state index is -0.507. The molecule has 0 aliphatic heterocycles. The van der Waals surface area contributed by atoms with E-state index in [-0.39, 0.29) is 0 Å². The van der Waals surface area contributed by atoms with Crippen LogP contribution in [0.3, 0.4) is 0 Å². The molecule has 98 valence electrons. The Labute approximate surface area is 106 Å². The van der Waals surface area contributed by atoms with Crippen LogP contribution in [0.2, 0.25) is 0 Å². The fourth-order valence-electron chi connectivity index (χ4n) is 4.31. The van der Waals surface area contributed by atoms with Gasteiger partial charge in [0.05, 0.1) is 5.60 Å². The number of hydrogen-bond acceptors (Lipinski definition) is 1. The maximum atomic E-state index is 10.00. The Morgan fingerprint density at radius 3 is 2.71 bits per heavy atom. The van der Waals surface area contributed by atoms with Gasteiger partial charge in [-0.1, -0.05) is 19.1 Å². The Morgan fingerprint density at radius 2 is 2.06 bits per heavy atom. The third-order valence-electron chi connectivity index (χ3n) is 4.89. The molecule has 4 atom stereocenters. The van der Waals surface area contributed by atoms with E-state index in [1.54, 1.807) is 0 Å². The summed E-state index contributed by atoms with van der Waals surface area (Å²) in [6.45, 7) is 10.6. The second-order valence-corrected chi connectivity index (χ2v) is 7.15. The first-order valence-electron chi connectivity index (χ1n) is 7.27. The molecule has 1 N–H and O–H groups in total. The van der Waals surface area contributed by atoms with Crippen molar-refractivity contribution in [1.82, 2.24) is 0 Å². The fourth-order valence-corrected chi connectivity index (χ4v) is 4.31. The Hall–Kier alpha value is -0.300. The van der Waals surface area contributed by atoms with E-state index in [2.05, 4.69) is 13.5 Å². The summed E-state index contributed by atoms with van der Waals surface area (Å²) in [5, 5.41) is 10.00. The minimum Gasteiger partial charge on any atom is -0.390 e. The zero-order valence-corrected chi connectivity index (χ0v) is 11.7. The molecule has 2 saturated carbocycles. The molecule has 0 radical (unpaired) electrons. The zero-order valence-electron chi connectivity index (χ0n) is 11.7. The van der Waals surface area contributed by atoms with Crippen LogP contribution < -0.4 is 0 Å². The molecule has 0 amide bonds. The minimum absolute atomic E-state index is 0.507. The monoisotopic (exact) mass is 236 g/mol. The predicted molar refractivity (Wildman–Crippen MR) is 72.8 cm³/mol. The number of aliphatic hydroxyl groups is 1. The molecule has 0 bridgehead atoms. The topological polar surface area (TPSA) is 20.2 Å². The van der Waals surface area contributed by atoms with Gasteiger partial charge in [0.2, 0.25) is 0 Å². The molecule has 0 saturated heterocycles. The summed E-state index contributed by atoms with van der Waals surface area (Å²) in [5.74, 6) is 3.15. The lowest BCUT2D eigenvalue weighted by atomic mass is 9.60. The van der Waals surface area contributed by atoms with Crippen LogP contribution in [-0.2, 0) is 0 Å². The van der Waals surface area contributed by atoms with E-state index in [4.69, 9.17) is 0 Å². The predicted octanol–water partition coefficient (Wildman–Crippen LogP) is 4.17. The molecular weight excluding hydrogens is 208 g/mol. The van der Waals surface area contributed by atoms with Crippen molar-refractivity contribution in [2.45, 2.75) is 64.9 Å². The average molecular weight is 236 g/mol. The van der Waals surface area contributed by atoms with Crippen molar-refractivity contribution in [2.75, 3.05) is 0 Å². The molecular formula is C16H28O. The quantitative estimate of drug-likeness (QED) is 0.714. The molecule has 1 heteroatoms. The Morgan fingerprint density at radius 1 is 1.35 bits per heavy atom. The third kappa shape index (κ3) is 3.13. The van der Waals surface area contributed by atoms with Crippen LogP contribution in [0, 0.1) is 23.7 Å². The maximum absolute atomic E-state index is 10.00. The summed E-state index contributed by atoms with van der Waals surface area (Å²) in [6.07, 6.45) is 7.52. The van der Waals surface area contributed by atoms with Crippen molar-refractivity contribution in [3.8, 4) is 0 Å². The van der Waals surface area contributed by atoms with Crippen LogP contribution in [0.15, 0.2) is 12.2 Å². The van der Waals surface area contributed by atoms with Crippen LogP contribution in [0.25, 0.3) is 0 Å². The highest BCUT2D eigenvalue weighted by molar-refractivity contribution is 5.09. The van der Waals surface area contributed by atoms with Crippen molar-refractivity contribution in [3.05, 3.63) is 12.2 Å². The molecule has 0 spiro atoms. The highest BCUT2D eigenvalue weighted by Gasteiger charge is 2.39. The van der Waals surface area contributed by atoms with Crippen LogP contribution in [0.4, 0.5) is 0 Å². The smallest absolute Gasteiger partial charge is 0.0594 e. The lowest BCUT2D eigenvalue weighted by molar-refractivity contribution is 0.0206. The van der Waals surface area contributed by atoms with E-state index in [1.165, 1.54) is 37.7 Å². The van der Waals surface area contributed by atoms with E-state index in [1.807, 2.05) is 13.8 Å².